The van der Waals surface area contributed by atoms with Crippen LogP contribution < -0.4 is 0 Å². The molecule has 3 heterocycles. The van der Waals surface area contributed by atoms with E-state index < -0.39 is 6.04 Å². The summed E-state index contributed by atoms with van der Waals surface area (Å²) >= 11 is 0. The molecule has 0 bridgehead atoms. The van der Waals surface area contributed by atoms with Crippen molar-refractivity contribution in [3.8, 4) is 5.69 Å². The number of fused-ring (bicyclic) bond motifs is 1. The molecule has 2 fully saturated rings. The molecule has 26 heavy (non-hydrogen) atoms. The molecule has 136 valence electrons. The third kappa shape index (κ3) is 2.96. The molecule has 1 aromatic heterocycles. The Hall–Kier alpha value is -2.74. The van der Waals surface area contributed by atoms with Crippen LogP contribution in [-0.4, -0.2) is 75.6 Å². The number of carbonyl (C=O) groups excluding carboxylic acids is 2. The zero-order valence-electron chi connectivity index (χ0n) is 14.5. The highest BCUT2D eigenvalue weighted by Crippen LogP contribution is 2.19. The van der Waals surface area contributed by atoms with Crippen molar-refractivity contribution >= 4 is 11.8 Å². The Morgan fingerprint density at radius 3 is 2.85 bits per heavy atom. The number of piperazine rings is 2. The van der Waals surface area contributed by atoms with Gasteiger partial charge in [-0.3, -0.25) is 14.5 Å². The maximum absolute atomic E-state index is 13.9. The molecule has 1 aromatic carbocycles. The van der Waals surface area contributed by atoms with Gasteiger partial charge in [-0.1, -0.05) is 12.1 Å². The summed E-state index contributed by atoms with van der Waals surface area (Å²) in [6.07, 6.45) is 3.50. The predicted octanol–water partition coefficient (Wildman–Crippen LogP) is 0.496. The van der Waals surface area contributed by atoms with E-state index in [-0.39, 0.29) is 24.2 Å². The molecule has 0 unspecified atom stereocenters. The van der Waals surface area contributed by atoms with Crippen molar-refractivity contribution in [1.82, 2.24) is 24.5 Å². The van der Waals surface area contributed by atoms with Crippen LogP contribution in [0.5, 0.6) is 0 Å². The second kappa shape index (κ2) is 6.53. The number of carbonyl (C=O) groups is 2. The second-order valence-corrected chi connectivity index (χ2v) is 6.78. The van der Waals surface area contributed by atoms with Gasteiger partial charge in [0.25, 0.3) is 0 Å². The molecular formula is C18H20FN5O2. The first-order valence-corrected chi connectivity index (χ1v) is 8.58. The molecule has 2 aliphatic heterocycles. The summed E-state index contributed by atoms with van der Waals surface area (Å²) in [5.41, 5.74) is 1.34. The number of halogens is 1. The Morgan fingerprint density at radius 1 is 1.23 bits per heavy atom. The number of para-hydroxylation sites is 1. The molecule has 1 atom stereocenters. The van der Waals surface area contributed by atoms with Gasteiger partial charge in [-0.05, 0) is 12.1 Å². The van der Waals surface area contributed by atoms with Crippen molar-refractivity contribution in [2.75, 3.05) is 33.2 Å². The zero-order valence-corrected chi connectivity index (χ0v) is 14.5. The van der Waals surface area contributed by atoms with Gasteiger partial charge in [-0.15, -0.1) is 0 Å². The van der Waals surface area contributed by atoms with Crippen LogP contribution >= 0.6 is 0 Å². The van der Waals surface area contributed by atoms with Crippen LogP contribution in [0.15, 0.2) is 36.7 Å². The fourth-order valence-electron chi connectivity index (χ4n) is 3.59. The molecule has 2 aromatic rings. The smallest absolute Gasteiger partial charge is 0.246 e. The summed E-state index contributed by atoms with van der Waals surface area (Å²) in [4.78, 5) is 29.8. The number of aromatic nitrogens is 2. The summed E-state index contributed by atoms with van der Waals surface area (Å²) in [6.45, 7) is 2.50. The van der Waals surface area contributed by atoms with Crippen LogP contribution in [0, 0.1) is 5.82 Å². The average molecular weight is 357 g/mol. The van der Waals surface area contributed by atoms with E-state index in [1.165, 1.54) is 15.6 Å². The minimum atomic E-state index is -0.420. The lowest BCUT2D eigenvalue weighted by Gasteiger charge is -2.45. The Kier molecular flexibility index (Phi) is 4.20. The van der Waals surface area contributed by atoms with Crippen LogP contribution in [0.3, 0.4) is 0 Å². The molecule has 0 aliphatic carbocycles. The summed E-state index contributed by atoms with van der Waals surface area (Å²) < 4.78 is 15.4. The maximum atomic E-state index is 13.9. The minimum absolute atomic E-state index is 0.00382. The van der Waals surface area contributed by atoms with Gasteiger partial charge in [-0.2, -0.15) is 5.10 Å². The topological polar surface area (TPSA) is 61.7 Å². The molecule has 8 heteroatoms. The van der Waals surface area contributed by atoms with Gasteiger partial charge in [-0.25, -0.2) is 9.07 Å². The normalized spacial score (nSPS) is 21.2. The SMILES string of the molecule is CN1CC(=O)N2CCN(Cc3cnn(-c4ccccc4F)c3)C[C@@H]2C1=O. The molecule has 4 rings (SSSR count). The van der Waals surface area contributed by atoms with E-state index in [4.69, 9.17) is 0 Å². The van der Waals surface area contributed by atoms with E-state index in [1.54, 1.807) is 42.5 Å². The van der Waals surface area contributed by atoms with Crippen molar-refractivity contribution in [3.05, 3.63) is 48.0 Å². The van der Waals surface area contributed by atoms with Gasteiger partial charge < -0.3 is 9.80 Å². The van der Waals surface area contributed by atoms with Crippen LogP contribution in [0.4, 0.5) is 4.39 Å². The lowest BCUT2D eigenvalue weighted by atomic mass is 10.1. The highest BCUT2D eigenvalue weighted by molar-refractivity contribution is 5.95. The summed E-state index contributed by atoms with van der Waals surface area (Å²) in [7, 11) is 1.66. The van der Waals surface area contributed by atoms with E-state index in [0.29, 0.717) is 31.9 Å². The monoisotopic (exact) mass is 357 g/mol. The van der Waals surface area contributed by atoms with Crippen molar-refractivity contribution in [2.45, 2.75) is 12.6 Å². The number of nitrogens with zero attached hydrogens (tertiary/aromatic N) is 5. The van der Waals surface area contributed by atoms with E-state index >= 15 is 0 Å². The van der Waals surface area contributed by atoms with E-state index in [2.05, 4.69) is 10.00 Å². The van der Waals surface area contributed by atoms with Gasteiger partial charge in [0.05, 0.1) is 12.7 Å². The number of rotatable bonds is 3. The predicted molar refractivity (Wildman–Crippen MR) is 91.9 cm³/mol. The Balaban J connectivity index is 1.47. The minimum Gasteiger partial charge on any atom is -0.335 e. The van der Waals surface area contributed by atoms with Gasteiger partial charge in [0.2, 0.25) is 11.8 Å². The molecule has 2 aliphatic rings. The summed E-state index contributed by atoms with van der Waals surface area (Å²) in [5, 5.41) is 4.24. The first kappa shape index (κ1) is 16.7. The molecule has 0 radical (unpaired) electrons. The van der Waals surface area contributed by atoms with Gasteiger partial charge >= 0.3 is 0 Å². The molecule has 2 saturated heterocycles. The number of benzene rings is 1. The number of hydrogen-bond donors (Lipinski definition) is 0. The molecule has 0 saturated carbocycles. The van der Waals surface area contributed by atoms with Crippen molar-refractivity contribution in [2.24, 2.45) is 0 Å². The number of amides is 2. The Labute approximate surface area is 150 Å². The van der Waals surface area contributed by atoms with Crippen LogP contribution in [0.1, 0.15) is 5.56 Å². The lowest BCUT2D eigenvalue weighted by Crippen LogP contribution is -2.65. The van der Waals surface area contributed by atoms with E-state index in [0.717, 1.165) is 5.56 Å². The molecule has 7 nitrogen and oxygen atoms in total. The summed E-state index contributed by atoms with van der Waals surface area (Å²) in [6, 6.07) is 6.06. The first-order chi connectivity index (χ1) is 12.5. The van der Waals surface area contributed by atoms with E-state index in [9.17, 15) is 14.0 Å². The largest absolute Gasteiger partial charge is 0.335 e. The number of hydrogen-bond acceptors (Lipinski definition) is 4. The van der Waals surface area contributed by atoms with Gasteiger partial charge in [0.1, 0.15) is 17.5 Å². The standard InChI is InChI=1S/C18H20FN5O2/c1-21-12-17(25)23-7-6-22(11-16(23)18(21)26)9-13-8-20-24(10-13)15-5-3-2-4-14(15)19/h2-5,8,10,16H,6-7,9,11-12H2,1H3/t16-/m1/s1. The van der Waals surface area contributed by atoms with Crippen molar-refractivity contribution in [1.29, 1.82) is 0 Å². The van der Waals surface area contributed by atoms with Crippen LogP contribution in [-0.2, 0) is 16.1 Å². The van der Waals surface area contributed by atoms with Crippen molar-refractivity contribution in [3.63, 3.8) is 0 Å². The molecule has 0 spiro atoms. The van der Waals surface area contributed by atoms with Crippen LogP contribution in [0.25, 0.3) is 5.69 Å². The average Bonchev–Trinajstić information content (AvgIpc) is 3.08. The summed E-state index contributed by atoms with van der Waals surface area (Å²) in [5.74, 6) is -0.342. The molecular weight excluding hydrogens is 337 g/mol. The fraction of sp³-hybridized carbons (Fsp3) is 0.389. The molecule has 0 N–H and O–H groups in total. The third-order valence-electron chi connectivity index (χ3n) is 4.96. The Morgan fingerprint density at radius 2 is 2.04 bits per heavy atom. The van der Waals surface area contributed by atoms with E-state index in [1.807, 2.05) is 0 Å². The first-order valence-electron chi connectivity index (χ1n) is 8.58. The van der Waals surface area contributed by atoms with Crippen LogP contribution in [0.2, 0.25) is 0 Å². The molecule has 2 amide bonds. The highest BCUT2D eigenvalue weighted by atomic mass is 19.1. The fourth-order valence-corrected chi connectivity index (χ4v) is 3.59. The maximum Gasteiger partial charge on any atom is 0.246 e. The number of likely N-dealkylation sites (N-methyl/N-ethyl adjacent to an activating group) is 1. The Bertz CT molecular complexity index is 852. The third-order valence-corrected chi connectivity index (χ3v) is 4.96. The second-order valence-electron chi connectivity index (χ2n) is 6.78. The zero-order chi connectivity index (χ0) is 18.3. The van der Waals surface area contributed by atoms with Crippen molar-refractivity contribution < 1.29 is 14.0 Å². The van der Waals surface area contributed by atoms with Gasteiger partial charge in [0, 0.05) is 45.0 Å². The lowest BCUT2D eigenvalue weighted by molar-refractivity contribution is -0.158. The van der Waals surface area contributed by atoms with Gasteiger partial charge in [0.15, 0.2) is 0 Å². The quantitative estimate of drug-likeness (QED) is 0.803. The highest BCUT2D eigenvalue weighted by Gasteiger charge is 2.41.